The van der Waals surface area contributed by atoms with Gasteiger partial charge in [0.2, 0.25) is 5.91 Å². The van der Waals surface area contributed by atoms with E-state index in [0.29, 0.717) is 5.02 Å². The summed E-state index contributed by atoms with van der Waals surface area (Å²) in [7, 11) is 0. The standard InChI is InChI=1S/C21H19BrClN3OS/c1-14-10-16(15(2)26(14)19-5-3-4-17(22)11-19)12-24-25-21(27)13-28-20-8-6-18(23)7-9-20/h3-12H,13H2,1-2H3,(H,25,27)/b24-12+. The van der Waals surface area contributed by atoms with Crippen LogP contribution in [0.15, 0.2) is 69.1 Å². The van der Waals surface area contributed by atoms with Crippen LogP contribution in [-0.4, -0.2) is 22.4 Å². The third-order valence-corrected chi connectivity index (χ3v) is 5.87. The first-order valence-corrected chi connectivity index (χ1v) is 10.7. The number of carbonyl (C=O) groups excluding carboxylic acids is 1. The lowest BCUT2D eigenvalue weighted by molar-refractivity contribution is -0.118. The van der Waals surface area contributed by atoms with Crippen molar-refractivity contribution in [2.45, 2.75) is 18.7 Å². The van der Waals surface area contributed by atoms with E-state index >= 15 is 0 Å². The molecule has 1 aromatic heterocycles. The van der Waals surface area contributed by atoms with Crippen molar-refractivity contribution in [3.63, 3.8) is 0 Å². The van der Waals surface area contributed by atoms with E-state index < -0.39 is 0 Å². The number of carbonyl (C=O) groups is 1. The topological polar surface area (TPSA) is 46.4 Å². The summed E-state index contributed by atoms with van der Waals surface area (Å²) in [6.45, 7) is 4.08. The average Bonchev–Trinajstić information content (AvgIpc) is 2.95. The number of amides is 1. The monoisotopic (exact) mass is 475 g/mol. The zero-order valence-electron chi connectivity index (χ0n) is 15.4. The van der Waals surface area contributed by atoms with Crippen LogP contribution in [0.5, 0.6) is 0 Å². The zero-order valence-corrected chi connectivity index (χ0v) is 18.6. The molecule has 3 rings (SSSR count). The maximum atomic E-state index is 12.0. The molecule has 0 unspecified atom stereocenters. The molecule has 1 heterocycles. The number of hydrazone groups is 1. The van der Waals surface area contributed by atoms with Gasteiger partial charge in [0.15, 0.2) is 0 Å². The van der Waals surface area contributed by atoms with Gasteiger partial charge in [0.25, 0.3) is 0 Å². The van der Waals surface area contributed by atoms with Crippen molar-refractivity contribution in [3.05, 3.63) is 81.0 Å². The Morgan fingerprint density at radius 2 is 1.96 bits per heavy atom. The van der Waals surface area contributed by atoms with Gasteiger partial charge in [-0.3, -0.25) is 4.79 Å². The normalized spacial score (nSPS) is 11.1. The van der Waals surface area contributed by atoms with Crippen LogP contribution in [-0.2, 0) is 4.79 Å². The molecule has 144 valence electrons. The van der Waals surface area contributed by atoms with E-state index in [0.717, 1.165) is 32.0 Å². The lowest BCUT2D eigenvalue weighted by Gasteiger charge is -2.09. The van der Waals surface area contributed by atoms with Crippen molar-refractivity contribution >= 4 is 51.4 Å². The zero-order chi connectivity index (χ0) is 20.1. The van der Waals surface area contributed by atoms with Crippen LogP contribution in [0, 0.1) is 13.8 Å². The first-order chi connectivity index (χ1) is 13.4. The molecule has 0 saturated carbocycles. The Bertz CT molecular complexity index is 1010. The first kappa shape index (κ1) is 20.7. The molecule has 1 N–H and O–H groups in total. The Hall–Kier alpha value is -2.02. The van der Waals surface area contributed by atoms with Gasteiger partial charge in [0.1, 0.15) is 0 Å². The quantitative estimate of drug-likeness (QED) is 0.280. The Balaban J connectivity index is 1.62. The predicted octanol–water partition coefficient (Wildman–Crippen LogP) is 5.75. The second-order valence-corrected chi connectivity index (χ2v) is 8.58. The molecule has 0 atom stereocenters. The molecule has 2 aromatic carbocycles. The minimum atomic E-state index is -0.156. The van der Waals surface area contributed by atoms with Crippen LogP contribution < -0.4 is 5.43 Å². The molecule has 1 amide bonds. The molecule has 0 saturated heterocycles. The summed E-state index contributed by atoms with van der Waals surface area (Å²) in [6.07, 6.45) is 1.68. The van der Waals surface area contributed by atoms with Crippen molar-refractivity contribution in [3.8, 4) is 5.69 Å². The highest BCUT2D eigenvalue weighted by atomic mass is 79.9. The molecule has 7 heteroatoms. The van der Waals surface area contributed by atoms with Gasteiger partial charge in [0, 0.05) is 37.0 Å². The highest BCUT2D eigenvalue weighted by Gasteiger charge is 2.10. The summed E-state index contributed by atoms with van der Waals surface area (Å²) in [6, 6.07) is 17.6. The van der Waals surface area contributed by atoms with Crippen molar-refractivity contribution < 1.29 is 4.79 Å². The fourth-order valence-corrected chi connectivity index (χ4v) is 4.02. The fourth-order valence-electron chi connectivity index (χ4n) is 2.82. The van der Waals surface area contributed by atoms with E-state index in [1.165, 1.54) is 11.8 Å². The molecule has 0 fully saturated rings. The molecule has 28 heavy (non-hydrogen) atoms. The average molecular weight is 477 g/mol. The van der Waals surface area contributed by atoms with Crippen LogP contribution in [0.4, 0.5) is 0 Å². The number of hydrogen-bond acceptors (Lipinski definition) is 3. The van der Waals surface area contributed by atoms with E-state index in [9.17, 15) is 4.79 Å². The Kier molecular flexibility index (Phi) is 6.99. The van der Waals surface area contributed by atoms with Gasteiger partial charge in [-0.2, -0.15) is 5.10 Å². The van der Waals surface area contributed by atoms with Crippen LogP contribution in [0.1, 0.15) is 17.0 Å². The summed E-state index contributed by atoms with van der Waals surface area (Å²) < 4.78 is 3.18. The summed E-state index contributed by atoms with van der Waals surface area (Å²) in [5.41, 5.74) is 6.78. The molecule has 0 aliphatic rings. The van der Waals surface area contributed by atoms with Crippen molar-refractivity contribution in [2.24, 2.45) is 5.10 Å². The number of benzene rings is 2. The van der Waals surface area contributed by atoms with Gasteiger partial charge in [-0.25, -0.2) is 5.43 Å². The minimum absolute atomic E-state index is 0.156. The summed E-state index contributed by atoms with van der Waals surface area (Å²) in [4.78, 5) is 13.0. The molecular weight excluding hydrogens is 458 g/mol. The first-order valence-electron chi connectivity index (χ1n) is 8.59. The van der Waals surface area contributed by atoms with Gasteiger partial charge < -0.3 is 4.57 Å². The van der Waals surface area contributed by atoms with E-state index in [4.69, 9.17) is 11.6 Å². The molecule has 0 aliphatic heterocycles. The van der Waals surface area contributed by atoms with E-state index in [1.54, 1.807) is 18.3 Å². The highest BCUT2D eigenvalue weighted by Crippen LogP contribution is 2.22. The van der Waals surface area contributed by atoms with Gasteiger partial charge in [-0.05, 0) is 62.4 Å². The third-order valence-electron chi connectivity index (χ3n) is 4.11. The smallest absolute Gasteiger partial charge is 0.250 e. The number of nitrogens with one attached hydrogen (secondary N) is 1. The van der Waals surface area contributed by atoms with E-state index in [-0.39, 0.29) is 11.7 Å². The van der Waals surface area contributed by atoms with Gasteiger partial charge in [0.05, 0.1) is 12.0 Å². The van der Waals surface area contributed by atoms with Crippen LogP contribution in [0.2, 0.25) is 5.02 Å². The molecular formula is C21H19BrClN3OS. The molecule has 0 spiro atoms. The van der Waals surface area contributed by atoms with Crippen molar-refractivity contribution in [1.82, 2.24) is 9.99 Å². The Labute approximate surface area is 182 Å². The van der Waals surface area contributed by atoms with Crippen LogP contribution in [0.25, 0.3) is 5.69 Å². The van der Waals surface area contributed by atoms with Gasteiger partial charge >= 0.3 is 0 Å². The van der Waals surface area contributed by atoms with Gasteiger partial charge in [-0.1, -0.05) is 33.6 Å². The number of hydrogen-bond donors (Lipinski definition) is 1. The Morgan fingerprint density at radius 1 is 1.21 bits per heavy atom. The lowest BCUT2D eigenvalue weighted by atomic mass is 10.2. The fraction of sp³-hybridized carbons (Fsp3) is 0.143. The number of thioether (sulfide) groups is 1. The number of rotatable bonds is 6. The summed E-state index contributed by atoms with van der Waals surface area (Å²) >= 11 is 10.8. The molecule has 0 aliphatic carbocycles. The van der Waals surface area contributed by atoms with E-state index in [2.05, 4.69) is 43.2 Å². The Morgan fingerprint density at radius 3 is 2.68 bits per heavy atom. The second kappa shape index (κ2) is 9.45. The van der Waals surface area contributed by atoms with Crippen LogP contribution >= 0.6 is 39.3 Å². The molecule has 0 radical (unpaired) electrons. The lowest BCUT2D eigenvalue weighted by Crippen LogP contribution is -2.19. The van der Waals surface area contributed by atoms with Crippen molar-refractivity contribution in [2.75, 3.05) is 5.75 Å². The number of aryl methyl sites for hydroxylation is 1. The van der Waals surface area contributed by atoms with Crippen molar-refractivity contribution in [1.29, 1.82) is 0 Å². The molecule has 4 nitrogen and oxygen atoms in total. The maximum absolute atomic E-state index is 12.0. The summed E-state index contributed by atoms with van der Waals surface area (Å²) in [5.74, 6) is 0.132. The number of halogens is 2. The SMILES string of the molecule is Cc1cc(/C=N/NC(=O)CSc2ccc(Cl)cc2)c(C)n1-c1cccc(Br)c1. The molecule has 3 aromatic rings. The van der Waals surface area contributed by atoms with Gasteiger partial charge in [-0.15, -0.1) is 11.8 Å². The number of aromatic nitrogens is 1. The van der Waals surface area contributed by atoms with E-state index in [1.807, 2.05) is 44.2 Å². The number of nitrogens with zero attached hydrogens (tertiary/aromatic N) is 2. The third kappa shape index (κ3) is 5.28. The van der Waals surface area contributed by atoms with Crippen LogP contribution in [0.3, 0.4) is 0 Å². The summed E-state index contributed by atoms with van der Waals surface area (Å²) in [5, 5.41) is 4.79. The predicted molar refractivity (Wildman–Crippen MR) is 121 cm³/mol. The minimum Gasteiger partial charge on any atom is -0.318 e. The second-order valence-electron chi connectivity index (χ2n) is 6.18. The largest absolute Gasteiger partial charge is 0.318 e. The maximum Gasteiger partial charge on any atom is 0.250 e. The molecule has 0 bridgehead atoms. The highest BCUT2D eigenvalue weighted by molar-refractivity contribution is 9.10.